The molecule has 0 bridgehead atoms. The molecule has 0 aliphatic carbocycles. The van der Waals surface area contributed by atoms with Gasteiger partial charge in [-0.2, -0.15) is 5.10 Å². The zero-order valence-electron chi connectivity index (χ0n) is 14.5. The summed E-state index contributed by atoms with van der Waals surface area (Å²) in [6, 6.07) is 5.19. The molecule has 1 aromatic heterocycles. The summed E-state index contributed by atoms with van der Waals surface area (Å²) in [7, 11) is 3.51. The molecule has 0 saturated carbocycles. The molecule has 7 nitrogen and oxygen atoms in total. The normalized spacial score (nSPS) is 13.3. The first-order chi connectivity index (χ1) is 11.9. The molecule has 0 N–H and O–H groups in total. The predicted molar refractivity (Wildman–Crippen MR) is 90.8 cm³/mol. The van der Waals surface area contributed by atoms with Crippen LogP contribution in [-0.2, 0) is 18.4 Å². The van der Waals surface area contributed by atoms with E-state index in [1.807, 2.05) is 20.2 Å². The topological polar surface area (TPSA) is 75.5 Å². The van der Waals surface area contributed by atoms with E-state index < -0.39 is 0 Å². The third-order valence-corrected chi connectivity index (χ3v) is 4.28. The van der Waals surface area contributed by atoms with Crippen LogP contribution in [0.25, 0.3) is 0 Å². The van der Waals surface area contributed by atoms with Gasteiger partial charge in [-0.1, -0.05) is 11.6 Å². The fourth-order valence-electron chi connectivity index (χ4n) is 2.92. The zero-order valence-corrected chi connectivity index (χ0v) is 14.5. The average molecular weight is 340 g/mol. The first-order valence-corrected chi connectivity index (χ1v) is 8.05. The van der Waals surface area contributed by atoms with Crippen molar-refractivity contribution in [3.05, 3.63) is 52.8 Å². The Morgan fingerprint density at radius 3 is 2.60 bits per heavy atom. The average Bonchev–Trinajstić information content (AvgIpc) is 3.07. The van der Waals surface area contributed by atoms with Crippen LogP contribution in [0.4, 0.5) is 0 Å². The lowest BCUT2D eigenvalue weighted by Crippen LogP contribution is -2.35. The Morgan fingerprint density at radius 2 is 1.92 bits per heavy atom. The summed E-state index contributed by atoms with van der Waals surface area (Å²) in [4.78, 5) is 39.8. The highest BCUT2D eigenvalue weighted by Gasteiger charge is 2.35. The van der Waals surface area contributed by atoms with Gasteiger partial charge >= 0.3 is 0 Å². The van der Waals surface area contributed by atoms with Crippen molar-refractivity contribution < 1.29 is 14.4 Å². The molecule has 0 radical (unpaired) electrons. The monoisotopic (exact) mass is 340 g/mol. The minimum Gasteiger partial charge on any atom is -0.341 e. The number of hydrogen-bond donors (Lipinski definition) is 0. The number of nitrogens with zero attached hydrogens (tertiary/aromatic N) is 4. The van der Waals surface area contributed by atoms with Crippen molar-refractivity contribution in [1.29, 1.82) is 0 Å². The van der Waals surface area contributed by atoms with Crippen LogP contribution in [0.1, 0.15) is 38.3 Å². The van der Waals surface area contributed by atoms with Gasteiger partial charge in [-0.15, -0.1) is 0 Å². The van der Waals surface area contributed by atoms with Crippen molar-refractivity contribution in [3.8, 4) is 0 Å². The maximum atomic E-state index is 12.4. The highest BCUT2D eigenvalue weighted by molar-refractivity contribution is 6.21. The molecule has 1 aromatic carbocycles. The number of aryl methyl sites for hydroxylation is 2. The standard InChI is InChI=1S/C18H20N4O3/c1-12-4-5-14-15(8-12)18(25)22(17(14)24)7-6-16(23)20(2)10-13-9-19-21(3)11-13/h4-5,8-9,11H,6-7,10H2,1-3H3. The van der Waals surface area contributed by atoms with Crippen molar-refractivity contribution in [2.24, 2.45) is 7.05 Å². The summed E-state index contributed by atoms with van der Waals surface area (Å²) in [5.74, 6) is -0.786. The molecule has 2 heterocycles. The smallest absolute Gasteiger partial charge is 0.261 e. The summed E-state index contributed by atoms with van der Waals surface area (Å²) in [5.41, 5.74) is 2.68. The van der Waals surface area contributed by atoms with Crippen LogP contribution in [0.5, 0.6) is 0 Å². The summed E-state index contributed by atoms with van der Waals surface area (Å²) < 4.78 is 1.68. The van der Waals surface area contributed by atoms with Gasteiger partial charge in [-0.25, -0.2) is 0 Å². The Morgan fingerprint density at radius 1 is 1.20 bits per heavy atom. The van der Waals surface area contributed by atoms with Gasteiger partial charge in [-0.05, 0) is 19.1 Å². The fourth-order valence-corrected chi connectivity index (χ4v) is 2.92. The summed E-state index contributed by atoms with van der Waals surface area (Å²) >= 11 is 0. The van der Waals surface area contributed by atoms with E-state index in [9.17, 15) is 14.4 Å². The van der Waals surface area contributed by atoms with Gasteiger partial charge in [0.15, 0.2) is 0 Å². The molecule has 3 amide bonds. The van der Waals surface area contributed by atoms with E-state index in [4.69, 9.17) is 0 Å². The number of aromatic nitrogens is 2. The Labute approximate surface area is 145 Å². The third-order valence-electron chi connectivity index (χ3n) is 4.28. The van der Waals surface area contributed by atoms with E-state index >= 15 is 0 Å². The van der Waals surface area contributed by atoms with Crippen LogP contribution in [0.2, 0.25) is 0 Å². The van der Waals surface area contributed by atoms with Crippen molar-refractivity contribution in [2.45, 2.75) is 19.9 Å². The minimum atomic E-state index is -0.331. The molecule has 130 valence electrons. The number of benzene rings is 1. The first-order valence-electron chi connectivity index (χ1n) is 8.05. The van der Waals surface area contributed by atoms with Crippen LogP contribution in [0.15, 0.2) is 30.6 Å². The molecule has 0 unspecified atom stereocenters. The van der Waals surface area contributed by atoms with Crippen LogP contribution in [0.3, 0.4) is 0 Å². The zero-order chi connectivity index (χ0) is 18.1. The van der Waals surface area contributed by atoms with Crippen LogP contribution in [-0.4, -0.2) is 50.9 Å². The van der Waals surface area contributed by atoms with E-state index in [-0.39, 0.29) is 30.7 Å². The number of hydrogen-bond acceptors (Lipinski definition) is 4. The summed E-state index contributed by atoms with van der Waals surface area (Å²) in [6.07, 6.45) is 3.65. The molecular formula is C18H20N4O3. The fraction of sp³-hybridized carbons (Fsp3) is 0.333. The lowest BCUT2D eigenvalue weighted by molar-refractivity contribution is -0.130. The molecule has 1 aliphatic rings. The van der Waals surface area contributed by atoms with Gasteiger partial charge in [0.1, 0.15) is 0 Å². The molecule has 3 rings (SSSR count). The minimum absolute atomic E-state index is 0.0849. The van der Waals surface area contributed by atoms with Crippen LogP contribution >= 0.6 is 0 Å². The quantitative estimate of drug-likeness (QED) is 0.771. The molecule has 0 atom stereocenters. The van der Waals surface area contributed by atoms with Gasteiger partial charge in [0, 0.05) is 45.4 Å². The van der Waals surface area contributed by atoms with Crippen LogP contribution < -0.4 is 0 Å². The summed E-state index contributed by atoms with van der Waals surface area (Å²) in [6.45, 7) is 2.40. The predicted octanol–water partition coefficient (Wildman–Crippen LogP) is 1.37. The number of rotatable bonds is 5. The van der Waals surface area contributed by atoms with E-state index in [0.29, 0.717) is 17.7 Å². The molecule has 0 spiro atoms. The number of imide groups is 1. The second kappa shape index (κ2) is 6.51. The number of fused-ring (bicyclic) bond motifs is 1. The maximum absolute atomic E-state index is 12.4. The van der Waals surface area contributed by atoms with E-state index in [0.717, 1.165) is 16.0 Å². The Hall–Kier alpha value is -2.96. The van der Waals surface area contributed by atoms with Crippen LogP contribution in [0, 0.1) is 6.92 Å². The number of amides is 3. The van der Waals surface area contributed by atoms with Crippen molar-refractivity contribution in [2.75, 3.05) is 13.6 Å². The second-order valence-electron chi connectivity index (χ2n) is 6.33. The van der Waals surface area contributed by atoms with Crippen molar-refractivity contribution in [3.63, 3.8) is 0 Å². The third kappa shape index (κ3) is 3.31. The van der Waals surface area contributed by atoms with Gasteiger partial charge in [0.2, 0.25) is 5.91 Å². The molecule has 1 aliphatic heterocycles. The second-order valence-corrected chi connectivity index (χ2v) is 6.33. The van der Waals surface area contributed by atoms with Crippen molar-refractivity contribution in [1.82, 2.24) is 19.6 Å². The molecule has 0 fully saturated rings. The van der Waals surface area contributed by atoms with Gasteiger partial charge < -0.3 is 4.90 Å². The van der Waals surface area contributed by atoms with Gasteiger partial charge in [0.25, 0.3) is 11.8 Å². The summed E-state index contributed by atoms with van der Waals surface area (Å²) in [5, 5.41) is 4.07. The SMILES string of the molecule is Cc1ccc2c(c1)C(=O)N(CCC(=O)N(C)Cc1cnn(C)c1)C2=O. The van der Waals surface area contributed by atoms with E-state index in [1.165, 1.54) is 0 Å². The lowest BCUT2D eigenvalue weighted by atomic mass is 10.1. The lowest BCUT2D eigenvalue weighted by Gasteiger charge is -2.18. The maximum Gasteiger partial charge on any atom is 0.261 e. The van der Waals surface area contributed by atoms with E-state index in [1.54, 1.807) is 41.0 Å². The Balaban J connectivity index is 1.61. The molecule has 25 heavy (non-hydrogen) atoms. The van der Waals surface area contributed by atoms with Gasteiger partial charge in [0.05, 0.1) is 17.3 Å². The molecule has 2 aromatic rings. The number of carbonyl (C=O) groups is 3. The Bertz CT molecular complexity index is 856. The molecule has 0 saturated heterocycles. The largest absolute Gasteiger partial charge is 0.341 e. The highest BCUT2D eigenvalue weighted by atomic mass is 16.2. The Kier molecular flexibility index (Phi) is 4.39. The van der Waals surface area contributed by atoms with Crippen molar-refractivity contribution >= 4 is 17.7 Å². The van der Waals surface area contributed by atoms with E-state index in [2.05, 4.69) is 5.10 Å². The molecule has 7 heteroatoms. The highest BCUT2D eigenvalue weighted by Crippen LogP contribution is 2.24. The van der Waals surface area contributed by atoms with Gasteiger partial charge in [-0.3, -0.25) is 24.0 Å². The number of carbonyl (C=O) groups excluding carboxylic acids is 3. The first kappa shape index (κ1) is 16.9. The molecular weight excluding hydrogens is 320 g/mol.